The summed E-state index contributed by atoms with van der Waals surface area (Å²) in [6.45, 7) is 3.34. The standard InChI is InChI=1S/C22H20F3N3O2S/c23-22(24,25)30-14-5-3-4-13(8-14)21(29)26-9-15-16-10-28(11-17(15)16)12-20-27-18-6-1-2-7-19(18)31-20/h1-8,15-17H,9-12H2,(H,26,29). The van der Waals surface area contributed by atoms with Gasteiger partial charge in [0.2, 0.25) is 0 Å². The number of likely N-dealkylation sites (tertiary alicyclic amines) is 1. The molecular weight excluding hydrogens is 427 g/mol. The number of ether oxygens (including phenoxy) is 1. The van der Waals surface area contributed by atoms with Crippen molar-refractivity contribution in [3.63, 3.8) is 0 Å². The zero-order valence-corrected chi connectivity index (χ0v) is 17.2. The number of alkyl halides is 3. The molecule has 162 valence electrons. The van der Waals surface area contributed by atoms with E-state index in [9.17, 15) is 18.0 Å². The van der Waals surface area contributed by atoms with Crippen LogP contribution in [0, 0.1) is 17.8 Å². The van der Waals surface area contributed by atoms with Crippen LogP contribution >= 0.6 is 11.3 Å². The number of thiazole rings is 1. The zero-order chi connectivity index (χ0) is 21.6. The van der Waals surface area contributed by atoms with Gasteiger partial charge in [0.05, 0.1) is 16.8 Å². The van der Waals surface area contributed by atoms with Gasteiger partial charge in [-0.25, -0.2) is 4.98 Å². The summed E-state index contributed by atoms with van der Waals surface area (Å²) in [5, 5.41) is 3.98. The van der Waals surface area contributed by atoms with Gasteiger partial charge in [-0.1, -0.05) is 18.2 Å². The lowest BCUT2D eigenvalue weighted by Gasteiger charge is -2.18. The normalized spacial score (nSPS) is 23.0. The fraction of sp³-hybridized carbons (Fsp3) is 0.364. The van der Waals surface area contributed by atoms with E-state index < -0.39 is 12.1 Å². The number of piperidine rings is 1. The Labute approximate surface area is 180 Å². The fourth-order valence-corrected chi connectivity index (χ4v) is 5.50. The second-order valence-electron chi connectivity index (χ2n) is 8.05. The van der Waals surface area contributed by atoms with Crippen LogP contribution in [0.4, 0.5) is 13.2 Å². The largest absolute Gasteiger partial charge is 0.573 e. The molecule has 1 aliphatic heterocycles. The van der Waals surface area contributed by atoms with Crippen molar-refractivity contribution in [2.45, 2.75) is 12.9 Å². The quantitative estimate of drug-likeness (QED) is 0.612. The summed E-state index contributed by atoms with van der Waals surface area (Å²) in [5.74, 6) is 0.743. The lowest BCUT2D eigenvalue weighted by atomic mass is 10.2. The Balaban J connectivity index is 1.10. The minimum absolute atomic E-state index is 0.157. The van der Waals surface area contributed by atoms with Crippen LogP contribution in [0.1, 0.15) is 15.4 Å². The van der Waals surface area contributed by atoms with Gasteiger partial charge < -0.3 is 10.1 Å². The van der Waals surface area contributed by atoms with Crippen LogP contribution in [0.2, 0.25) is 0 Å². The molecule has 2 fully saturated rings. The lowest BCUT2D eigenvalue weighted by Crippen LogP contribution is -2.30. The van der Waals surface area contributed by atoms with Gasteiger partial charge in [0, 0.05) is 25.2 Å². The molecule has 1 amide bonds. The molecule has 3 aromatic rings. The second kappa shape index (κ2) is 7.80. The molecule has 1 saturated carbocycles. The van der Waals surface area contributed by atoms with E-state index in [2.05, 4.69) is 21.0 Å². The first-order valence-corrected chi connectivity index (χ1v) is 10.9. The number of amides is 1. The van der Waals surface area contributed by atoms with E-state index >= 15 is 0 Å². The van der Waals surface area contributed by atoms with E-state index in [1.807, 2.05) is 18.2 Å². The average Bonchev–Trinajstić information content (AvgIpc) is 3.04. The first kappa shape index (κ1) is 20.3. The first-order valence-electron chi connectivity index (χ1n) is 10.1. The Kier molecular flexibility index (Phi) is 5.10. The number of halogens is 3. The molecule has 1 N–H and O–H groups in total. The smallest absolute Gasteiger partial charge is 0.406 e. The molecule has 2 aliphatic rings. The molecule has 2 unspecified atom stereocenters. The molecule has 2 atom stereocenters. The SMILES string of the molecule is O=C(NCC1C2CN(Cc3nc4ccccc4s3)CC12)c1cccc(OC(F)(F)F)c1. The van der Waals surface area contributed by atoms with Gasteiger partial charge in [0.25, 0.3) is 5.91 Å². The summed E-state index contributed by atoms with van der Waals surface area (Å²) in [5.41, 5.74) is 1.20. The van der Waals surface area contributed by atoms with Crippen molar-refractivity contribution in [2.24, 2.45) is 17.8 Å². The fourth-order valence-electron chi connectivity index (χ4n) is 4.49. The van der Waals surface area contributed by atoms with Gasteiger partial charge in [-0.3, -0.25) is 9.69 Å². The maximum atomic E-state index is 12.4. The van der Waals surface area contributed by atoms with E-state index in [1.54, 1.807) is 11.3 Å². The highest BCUT2D eigenvalue weighted by Crippen LogP contribution is 2.51. The van der Waals surface area contributed by atoms with Crippen molar-refractivity contribution in [1.82, 2.24) is 15.2 Å². The Morgan fingerprint density at radius 2 is 1.94 bits per heavy atom. The molecule has 0 bridgehead atoms. The number of benzene rings is 2. The molecule has 1 aromatic heterocycles. The zero-order valence-electron chi connectivity index (χ0n) is 16.4. The molecule has 5 rings (SSSR count). The molecule has 2 aromatic carbocycles. The predicted molar refractivity (Wildman–Crippen MR) is 111 cm³/mol. The highest BCUT2D eigenvalue weighted by molar-refractivity contribution is 7.18. The second-order valence-corrected chi connectivity index (χ2v) is 9.16. The molecule has 0 spiro atoms. The number of rotatable bonds is 6. The number of fused-ring (bicyclic) bond motifs is 2. The van der Waals surface area contributed by atoms with Crippen LogP contribution in [0.15, 0.2) is 48.5 Å². The number of aromatic nitrogens is 1. The van der Waals surface area contributed by atoms with Crippen LogP contribution in [0.25, 0.3) is 10.2 Å². The van der Waals surface area contributed by atoms with E-state index in [0.717, 1.165) is 36.2 Å². The summed E-state index contributed by atoms with van der Waals surface area (Å²) >= 11 is 1.73. The number of hydrogen-bond acceptors (Lipinski definition) is 5. The van der Waals surface area contributed by atoms with Gasteiger partial charge in [-0.2, -0.15) is 0 Å². The number of para-hydroxylation sites is 1. The Morgan fingerprint density at radius 3 is 2.68 bits per heavy atom. The molecule has 31 heavy (non-hydrogen) atoms. The summed E-state index contributed by atoms with van der Waals surface area (Å²) in [4.78, 5) is 19.4. The minimum Gasteiger partial charge on any atom is -0.406 e. The monoisotopic (exact) mass is 447 g/mol. The number of nitrogens with one attached hydrogen (secondary N) is 1. The Hall–Kier alpha value is -2.65. The number of carbonyl (C=O) groups is 1. The van der Waals surface area contributed by atoms with Crippen LogP contribution in [0.5, 0.6) is 5.75 Å². The molecule has 5 nitrogen and oxygen atoms in total. The van der Waals surface area contributed by atoms with Gasteiger partial charge in [0.15, 0.2) is 0 Å². The molecular formula is C22H20F3N3O2S. The van der Waals surface area contributed by atoms with Crippen molar-refractivity contribution in [1.29, 1.82) is 0 Å². The third kappa shape index (κ3) is 4.52. The van der Waals surface area contributed by atoms with Gasteiger partial charge in [-0.05, 0) is 48.1 Å². The summed E-state index contributed by atoms with van der Waals surface area (Å²) in [6, 6.07) is 13.3. The third-order valence-corrected chi connectivity index (χ3v) is 6.99. The lowest BCUT2D eigenvalue weighted by molar-refractivity contribution is -0.274. The van der Waals surface area contributed by atoms with Crippen molar-refractivity contribution >= 4 is 27.5 Å². The van der Waals surface area contributed by atoms with E-state index in [4.69, 9.17) is 4.98 Å². The van der Waals surface area contributed by atoms with Crippen molar-refractivity contribution < 1.29 is 22.7 Å². The van der Waals surface area contributed by atoms with Gasteiger partial charge >= 0.3 is 6.36 Å². The van der Waals surface area contributed by atoms with E-state index in [0.29, 0.717) is 24.3 Å². The number of carbonyl (C=O) groups excluding carboxylic acids is 1. The van der Waals surface area contributed by atoms with Gasteiger partial charge in [0.1, 0.15) is 10.8 Å². The number of nitrogens with zero attached hydrogens (tertiary/aromatic N) is 2. The minimum atomic E-state index is -4.78. The molecule has 1 aliphatic carbocycles. The molecule has 0 radical (unpaired) electrons. The van der Waals surface area contributed by atoms with Crippen LogP contribution in [-0.2, 0) is 6.54 Å². The Morgan fingerprint density at radius 1 is 1.16 bits per heavy atom. The van der Waals surface area contributed by atoms with Crippen molar-refractivity contribution in [3.8, 4) is 5.75 Å². The Bertz CT molecular complexity index is 1070. The molecule has 1 saturated heterocycles. The average molecular weight is 447 g/mol. The highest BCUT2D eigenvalue weighted by Gasteiger charge is 2.55. The van der Waals surface area contributed by atoms with Crippen molar-refractivity contribution in [2.75, 3.05) is 19.6 Å². The summed E-state index contributed by atoms with van der Waals surface area (Å²) < 4.78 is 42.2. The maximum absolute atomic E-state index is 12.4. The summed E-state index contributed by atoms with van der Waals surface area (Å²) in [7, 11) is 0. The molecule has 2 heterocycles. The van der Waals surface area contributed by atoms with Gasteiger partial charge in [-0.15, -0.1) is 24.5 Å². The van der Waals surface area contributed by atoms with Crippen LogP contribution in [0.3, 0.4) is 0 Å². The van der Waals surface area contributed by atoms with Crippen LogP contribution < -0.4 is 10.1 Å². The predicted octanol–water partition coefficient (Wildman–Crippen LogP) is 4.30. The highest BCUT2D eigenvalue weighted by atomic mass is 32.1. The van der Waals surface area contributed by atoms with Crippen LogP contribution in [-0.4, -0.2) is 41.8 Å². The summed E-state index contributed by atoms with van der Waals surface area (Å²) in [6.07, 6.45) is -4.78. The maximum Gasteiger partial charge on any atom is 0.573 e. The number of hydrogen-bond donors (Lipinski definition) is 1. The van der Waals surface area contributed by atoms with E-state index in [1.165, 1.54) is 22.9 Å². The molecule has 9 heteroatoms. The van der Waals surface area contributed by atoms with E-state index in [-0.39, 0.29) is 11.5 Å². The third-order valence-electron chi connectivity index (χ3n) is 5.97. The van der Waals surface area contributed by atoms with Crippen molar-refractivity contribution in [3.05, 3.63) is 59.1 Å². The topological polar surface area (TPSA) is 54.5 Å². The first-order chi connectivity index (χ1) is 14.9.